The number of hydrogen-bond acceptors (Lipinski definition) is 5. The summed E-state index contributed by atoms with van der Waals surface area (Å²) in [6, 6.07) is 4.03. The summed E-state index contributed by atoms with van der Waals surface area (Å²) in [4.78, 5) is 28.5. The van der Waals surface area contributed by atoms with Gasteiger partial charge in [-0.05, 0) is 86.3 Å². The molecule has 1 aromatic rings. The van der Waals surface area contributed by atoms with E-state index in [0.717, 1.165) is 54.6 Å². The number of thioether (sulfide) groups is 1. The standard InChI is InChI=1S/C36H46F4N2O3S/c1-5-35(37,38)45-30-15-12-29(13-16-30)33(43)21-26-8-7-9-27(20-26)22-42-23-32-25(4)31(17-14-28(32)11-10-24(42)3)34(44)41-18-19-46-36(39,40)6-2/h5,11-12,14-15,17,23-24,26-27H,1,6-10,13,16,18-22H2,2-4H3,(H,41,44). The summed E-state index contributed by atoms with van der Waals surface area (Å²) in [7, 11) is 0. The van der Waals surface area contributed by atoms with E-state index in [9.17, 15) is 27.2 Å². The number of allylic oxidation sites excluding steroid dienone is 4. The first-order chi connectivity index (χ1) is 21.8. The number of nitrogens with zero attached hydrogens (tertiary/aromatic N) is 1. The van der Waals surface area contributed by atoms with E-state index in [2.05, 4.69) is 36.0 Å². The third-order valence-electron chi connectivity index (χ3n) is 9.25. The minimum Gasteiger partial charge on any atom is -0.434 e. The van der Waals surface area contributed by atoms with Crippen molar-refractivity contribution >= 4 is 35.7 Å². The van der Waals surface area contributed by atoms with Gasteiger partial charge in [-0.15, -0.1) is 0 Å². The summed E-state index contributed by atoms with van der Waals surface area (Å²) >= 11 is 0.556. The highest BCUT2D eigenvalue weighted by Crippen LogP contribution is 2.35. The topological polar surface area (TPSA) is 58.6 Å². The first kappa shape index (κ1) is 35.8. The predicted molar refractivity (Wildman–Crippen MR) is 177 cm³/mol. The Bertz CT molecular complexity index is 1470. The van der Waals surface area contributed by atoms with Crippen molar-refractivity contribution < 1.29 is 31.9 Å². The zero-order valence-electron chi connectivity index (χ0n) is 27.1. The number of nitrogens with one attached hydrogen (secondary N) is 1. The number of Topliss-reactive ketones (excluding diaryl/α,β-unsaturated/α-hetero) is 1. The molecule has 1 amide bonds. The lowest BCUT2D eigenvalue weighted by Crippen LogP contribution is -2.37. The van der Waals surface area contributed by atoms with E-state index in [0.29, 0.717) is 47.7 Å². The number of ether oxygens (including phenoxy) is 1. The zero-order chi connectivity index (χ0) is 33.5. The number of ketones is 1. The highest BCUT2D eigenvalue weighted by atomic mass is 32.2. The number of amides is 1. The monoisotopic (exact) mass is 662 g/mol. The fourth-order valence-corrected chi connectivity index (χ4v) is 7.17. The van der Waals surface area contributed by atoms with Crippen molar-refractivity contribution in [2.75, 3.05) is 18.8 Å². The van der Waals surface area contributed by atoms with Gasteiger partial charge in [0, 0.05) is 67.2 Å². The van der Waals surface area contributed by atoms with Crippen molar-refractivity contribution in [1.82, 2.24) is 10.2 Å². The Labute approximate surface area is 273 Å². The first-order valence-electron chi connectivity index (χ1n) is 16.3. The minimum absolute atomic E-state index is 0.0776. The van der Waals surface area contributed by atoms with Gasteiger partial charge in [-0.2, -0.15) is 17.6 Å². The van der Waals surface area contributed by atoms with Crippen LogP contribution in [0.1, 0.15) is 87.6 Å². The van der Waals surface area contributed by atoms with Gasteiger partial charge in [0.2, 0.25) is 0 Å². The van der Waals surface area contributed by atoms with Gasteiger partial charge in [0.15, 0.2) is 5.78 Å². The average Bonchev–Trinajstić information content (AvgIpc) is 3.18. The lowest BCUT2D eigenvalue weighted by Gasteiger charge is -2.35. The highest BCUT2D eigenvalue weighted by molar-refractivity contribution is 8.00. The maximum Gasteiger partial charge on any atom is 0.419 e. The third-order valence-corrected chi connectivity index (χ3v) is 10.4. The van der Waals surface area contributed by atoms with Crippen LogP contribution in [-0.4, -0.2) is 52.8 Å². The normalized spacial score (nSPS) is 21.9. The maximum absolute atomic E-state index is 13.5. The Hall–Kier alpha value is -3.01. The molecular formula is C36H46F4N2O3S. The molecule has 5 nitrogen and oxygen atoms in total. The van der Waals surface area contributed by atoms with E-state index < -0.39 is 11.4 Å². The van der Waals surface area contributed by atoms with Gasteiger partial charge in [-0.1, -0.05) is 49.9 Å². The molecule has 0 saturated heterocycles. The molecule has 1 saturated carbocycles. The molecule has 1 heterocycles. The van der Waals surface area contributed by atoms with E-state index in [4.69, 9.17) is 4.74 Å². The van der Waals surface area contributed by atoms with E-state index >= 15 is 0 Å². The molecule has 2 aliphatic carbocycles. The molecule has 3 aliphatic rings. The van der Waals surface area contributed by atoms with Crippen LogP contribution < -0.4 is 15.8 Å². The molecular weight excluding hydrogens is 616 g/mol. The van der Waals surface area contributed by atoms with Crippen molar-refractivity contribution in [1.29, 1.82) is 0 Å². The van der Waals surface area contributed by atoms with Crippen molar-refractivity contribution in [2.45, 2.75) is 96.0 Å². The van der Waals surface area contributed by atoms with E-state index in [1.165, 1.54) is 13.0 Å². The Morgan fingerprint density at radius 1 is 1.15 bits per heavy atom. The number of halogens is 4. The molecule has 10 heteroatoms. The molecule has 46 heavy (non-hydrogen) atoms. The van der Waals surface area contributed by atoms with Crippen LogP contribution in [0.5, 0.6) is 0 Å². The Kier molecular flexibility index (Phi) is 12.2. The number of carbonyl (C=O) groups excluding carboxylic acids is 2. The molecule has 1 aliphatic heterocycles. The third kappa shape index (κ3) is 9.75. The van der Waals surface area contributed by atoms with Gasteiger partial charge < -0.3 is 15.0 Å². The highest BCUT2D eigenvalue weighted by Gasteiger charge is 2.30. The second-order valence-corrected chi connectivity index (χ2v) is 14.0. The van der Waals surface area contributed by atoms with Crippen LogP contribution in [0.3, 0.4) is 0 Å². The summed E-state index contributed by atoms with van der Waals surface area (Å²) < 4.78 is 58.7. The van der Waals surface area contributed by atoms with Crippen LogP contribution in [0.4, 0.5) is 17.6 Å². The number of benzene rings is 1. The van der Waals surface area contributed by atoms with Crippen LogP contribution >= 0.6 is 11.8 Å². The van der Waals surface area contributed by atoms with Crippen molar-refractivity contribution in [3.8, 4) is 0 Å². The van der Waals surface area contributed by atoms with Crippen LogP contribution in [0.15, 0.2) is 48.3 Å². The summed E-state index contributed by atoms with van der Waals surface area (Å²) in [5, 5.41) is 2.08. The van der Waals surface area contributed by atoms with Crippen LogP contribution in [0.2, 0.25) is 0 Å². The number of alkyl halides is 4. The maximum atomic E-state index is 13.5. The SMILES string of the molecule is C=CC(F)(F)OC1=CC=C(C(=O)CC2CCCC(CN3C=c4c(C)c(C(=O)NCCSC(F)(F)CC)ccc4=CCC3C)C2)CC1. The molecule has 3 unspecified atom stereocenters. The van der Waals surface area contributed by atoms with Crippen molar-refractivity contribution in [3.05, 3.63) is 69.8 Å². The number of hydrogen-bond donors (Lipinski definition) is 1. The zero-order valence-corrected chi connectivity index (χ0v) is 27.9. The van der Waals surface area contributed by atoms with E-state index in [-0.39, 0.29) is 54.5 Å². The Balaban J connectivity index is 1.39. The molecule has 0 radical (unpaired) electrons. The lowest BCUT2D eigenvalue weighted by molar-refractivity contribution is -0.174. The molecule has 1 fully saturated rings. The fourth-order valence-electron chi connectivity index (χ4n) is 6.46. The predicted octanol–water partition coefficient (Wildman–Crippen LogP) is 7.24. The van der Waals surface area contributed by atoms with Crippen molar-refractivity contribution in [3.63, 3.8) is 0 Å². The average molecular weight is 663 g/mol. The lowest BCUT2D eigenvalue weighted by atomic mass is 9.78. The summed E-state index contributed by atoms with van der Waals surface area (Å²) in [6.45, 7) is 9.68. The van der Waals surface area contributed by atoms with Gasteiger partial charge in [0.05, 0.1) is 0 Å². The van der Waals surface area contributed by atoms with E-state index in [1.54, 1.807) is 6.08 Å². The van der Waals surface area contributed by atoms with Gasteiger partial charge in [-0.25, -0.2) is 0 Å². The smallest absolute Gasteiger partial charge is 0.419 e. The van der Waals surface area contributed by atoms with Crippen LogP contribution in [0.25, 0.3) is 12.3 Å². The summed E-state index contributed by atoms with van der Waals surface area (Å²) in [5.41, 5.74) is 2.06. The second-order valence-electron chi connectivity index (χ2n) is 12.7. The van der Waals surface area contributed by atoms with Crippen molar-refractivity contribution in [2.24, 2.45) is 11.8 Å². The van der Waals surface area contributed by atoms with Gasteiger partial charge in [-0.3, -0.25) is 9.59 Å². The number of rotatable bonds is 14. The molecule has 1 N–H and O–H groups in total. The summed E-state index contributed by atoms with van der Waals surface area (Å²) in [5.74, 6) is 0.787. The van der Waals surface area contributed by atoms with Gasteiger partial charge >= 0.3 is 6.11 Å². The van der Waals surface area contributed by atoms with Crippen LogP contribution in [-0.2, 0) is 9.53 Å². The molecule has 0 bridgehead atoms. The molecule has 1 aromatic carbocycles. The molecule has 0 aromatic heterocycles. The second kappa shape index (κ2) is 15.7. The quantitative estimate of drug-likeness (QED) is 0.129. The van der Waals surface area contributed by atoms with Gasteiger partial charge in [0.1, 0.15) is 5.76 Å². The molecule has 3 atom stereocenters. The fraction of sp³-hybridized carbons (Fsp3) is 0.556. The van der Waals surface area contributed by atoms with E-state index in [1.807, 2.05) is 19.1 Å². The van der Waals surface area contributed by atoms with Gasteiger partial charge in [0.25, 0.3) is 11.2 Å². The number of carbonyl (C=O) groups is 2. The molecule has 252 valence electrons. The molecule has 0 spiro atoms. The first-order valence-corrected chi connectivity index (χ1v) is 17.3. The largest absolute Gasteiger partial charge is 0.434 e. The molecule has 4 rings (SSSR count). The minimum atomic E-state index is -3.42. The Morgan fingerprint density at radius 2 is 1.91 bits per heavy atom. The van der Waals surface area contributed by atoms with Crippen LogP contribution in [0, 0.1) is 18.8 Å². The Morgan fingerprint density at radius 3 is 2.61 bits per heavy atom. The summed E-state index contributed by atoms with van der Waals surface area (Å²) in [6.07, 6.45) is 10.3. The number of fused-ring (bicyclic) bond motifs is 1.